The average Bonchev–Trinajstić information content (AvgIpc) is 2.21. The van der Waals surface area contributed by atoms with Crippen molar-refractivity contribution < 1.29 is 13.0 Å². The van der Waals surface area contributed by atoms with Gasteiger partial charge in [0.25, 0.3) is 0 Å². The summed E-state index contributed by atoms with van der Waals surface area (Å²) in [6.45, 7) is 4.56. The third-order valence-corrected chi connectivity index (χ3v) is 3.35. The van der Waals surface area contributed by atoms with Gasteiger partial charge >= 0.3 is 0 Å². The first-order valence-electron chi connectivity index (χ1n) is 5.07. The largest absolute Gasteiger partial charge is 0.314 e. The fourth-order valence-corrected chi connectivity index (χ4v) is 2.17. The van der Waals surface area contributed by atoms with E-state index in [0.29, 0.717) is 23.2 Å². The van der Waals surface area contributed by atoms with Gasteiger partial charge in [-0.3, -0.25) is 4.21 Å². The summed E-state index contributed by atoms with van der Waals surface area (Å²) in [5.41, 5.74) is 0. The van der Waals surface area contributed by atoms with Gasteiger partial charge in [-0.1, -0.05) is 13.8 Å². The van der Waals surface area contributed by atoms with Crippen LogP contribution in [0.2, 0.25) is 0 Å². The van der Waals surface area contributed by atoms with Crippen LogP contribution in [0.25, 0.3) is 0 Å². The Morgan fingerprint density at radius 3 is 2.56 bits per heavy atom. The molecule has 2 nitrogen and oxygen atoms in total. The molecule has 0 saturated carbocycles. The molecule has 1 aromatic carbocycles. The number of nitrogens with one attached hydrogen (secondary N) is 1. The summed E-state index contributed by atoms with van der Waals surface area (Å²) in [7, 11) is -1.29. The first kappa shape index (κ1) is 13.3. The minimum atomic E-state index is -1.29. The van der Waals surface area contributed by atoms with Crippen LogP contribution in [0.1, 0.15) is 13.8 Å². The van der Waals surface area contributed by atoms with E-state index in [-0.39, 0.29) is 0 Å². The van der Waals surface area contributed by atoms with Crippen LogP contribution in [0.5, 0.6) is 0 Å². The van der Waals surface area contributed by atoms with Crippen LogP contribution < -0.4 is 5.32 Å². The summed E-state index contributed by atoms with van der Waals surface area (Å²) < 4.78 is 37.2. The lowest BCUT2D eigenvalue weighted by molar-refractivity contribution is 0.505. The normalized spacial score (nSPS) is 13.1. The first-order chi connectivity index (χ1) is 7.50. The van der Waals surface area contributed by atoms with E-state index in [9.17, 15) is 13.0 Å². The van der Waals surface area contributed by atoms with E-state index in [1.54, 1.807) is 0 Å². The Kier molecular flexibility index (Phi) is 5.02. The summed E-state index contributed by atoms with van der Waals surface area (Å²) in [5.74, 6) is -1.48. The van der Waals surface area contributed by atoms with Crippen molar-refractivity contribution >= 4 is 10.8 Å². The molecule has 1 atom stereocenters. The topological polar surface area (TPSA) is 29.1 Å². The van der Waals surface area contributed by atoms with Crippen LogP contribution in [0.3, 0.4) is 0 Å². The smallest absolute Gasteiger partial charge is 0.160 e. The fraction of sp³-hybridized carbons (Fsp3) is 0.455. The zero-order chi connectivity index (χ0) is 12.1. The maximum Gasteiger partial charge on any atom is 0.160 e. The van der Waals surface area contributed by atoms with Crippen molar-refractivity contribution in [2.75, 3.05) is 12.3 Å². The molecule has 0 heterocycles. The highest BCUT2D eigenvalue weighted by Gasteiger charge is 2.08. The van der Waals surface area contributed by atoms with Crippen LogP contribution in [0, 0.1) is 11.6 Å². The molecule has 0 radical (unpaired) electrons. The third kappa shape index (κ3) is 3.98. The Morgan fingerprint density at radius 1 is 1.31 bits per heavy atom. The maximum atomic E-state index is 12.9. The molecule has 16 heavy (non-hydrogen) atoms. The lowest BCUT2D eigenvalue weighted by Gasteiger charge is -2.07. The van der Waals surface area contributed by atoms with Crippen molar-refractivity contribution in [2.24, 2.45) is 0 Å². The molecule has 0 aromatic heterocycles. The van der Waals surface area contributed by atoms with Gasteiger partial charge in [0.2, 0.25) is 0 Å². The van der Waals surface area contributed by atoms with Crippen LogP contribution >= 0.6 is 0 Å². The van der Waals surface area contributed by atoms with Crippen LogP contribution in [0.15, 0.2) is 23.1 Å². The van der Waals surface area contributed by atoms with Crippen molar-refractivity contribution in [2.45, 2.75) is 24.8 Å². The quantitative estimate of drug-likeness (QED) is 0.863. The lowest BCUT2D eigenvalue weighted by Crippen LogP contribution is -2.27. The van der Waals surface area contributed by atoms with Gasteiger partial charge in [-0.15, -0.1) is 0 Å². The molecule has 0 spiro atoms. The Bertz CT molecular complexity index is 382. The standard InChI is InChI=1S/C11H15F2NOS/c1-8(2)14-5-6-16(15)9-3-4-10(12)11(13)7-9/h3-4,7-8,14H,5-6H2,1-2H3. The maximum absolute atomic E-state index is 12.9. The van der Waals surface area contributed by atoms with E-state index in [1.807, 2.05) is 13.8 Å². The molecule has 1 N–H and O–H groups in total. The molecule has 0 aliphatic heterocycles. The Morgan fingerprint density at radius 2 is 2.00 bits per heavy atom. The van der Waals surface area contributed by atoms with Gasteiger partial charge in [-0.2, -0.15) is 0 Å². The second-order valence-electron chi connectivity index (χ2n) is 3.73. The highest BCUT2D eigenvalue weighted by Crippen LogP contribution is 2.12. The summed E-state index contributed by atoms with van der Waals surface area (Å²) in [6, 6.07) is 3.66. The highest BCUT2D eigenvalue weighted by molar-refractivity contribution is 7.85. The predicted molar refractivity (Wildman–Crippen MR) is 60.8 cm³/mol. The van der Waals surface area contributed by atoms with E-state index in [1.165, 1.54) is 6.07 Å². The number of halogens is 2. The Labute approximate surface area is 96.5 Å². The second kappa shape index (κ2) is 6.06. The third-order valence-electron chi connectivity index (χ3n) is 1.99. The highest BCUT2D eigenvalue weighted by atomic mass is 32.2. The number of benzene rings is 1. The molecular weight excluding hydrogens is 232 g/mol. The molecule has 1 aromatic rings. The summed E-state index contributed by atoms with van der Waals surface area (Å²) >= 11 is 0. The van der Waals surface area contributed by atoms with Crippen molar-refractivity contribution in [3.8, 4) is 0 Å². The zero-order valence-corrected chi connectivity index (χ0v) is 10.1. The fourth-order valence-electron chi connectivity index (χ4n) is 1.18. The van der Waals surface area contributed by atoms with Gasteiger partial charge in [0.1, 0.15) is 0 Å². The summed E-state index contributed by atoms with van der Waals surface area (Å²) in [4.78, 5) is 0.324. The van der Waals surface area contributed by atoms with E-state index in [0.717, 1.165) is 12.1 Å². The van der Waals surface area contributed by atoms with Gasteiger partial charge in [-0.05, 0) is 18.2 Å². The summed E-state index contributed by atoms with van der Waals surface area (Å²) in [5, 5.41) is 3.11. The van der Waals surface area contributed by atoms with Gasteiger partial charge < -0.3 is 5.32 Å². The van der Waals surface area contributed by atoms with E-state index >= 15 is 0 Å². The van der Waals surface area contributed by atoms with Crippen molar-refractivity contribution in [3.63, 3.8) is 0 Å². The Balaban J connectivity index is 2.56. The zero-order valence-electron chi connectivity index (χ0n) is 9.30. The number of hydrogen-bond acceptors (Lipinski definition) is 2. The van der Waals surface area contributed by atoms with Crippen LogP contribution in [0.4, 0.5) is 8.78 Å². The van der Waals surface area contributed by atoms with Gasteiger partial charge in [0, 0.05) is 23.2 Å². The molecule has 0 fully saturated rings. The molecule has 0 aliphatic carbocycles. The molecule has 0 bridgehead atoms. The van der Waals surface area contributed by atoms with E-state index < -0.39 is 22.4 Å². The molecular formula is C11H15F2NOS. The van der Waals surface area contributed by atoms with Crippen LogP contribution in [-0.2, 0) is 10.8 Å². The predicted octanol–water partition coefficient (Wildman–Crippen LogP) is 2.07. The SMILES string of the molecule is CC(C)NCCS(=O)c1ccc(F)c(F)c1. The first-order valence-corrected chi connectivity index (χ1v) is 6.39. The molecule has 5 heteroatoms. The molecule has 1 unspecified atom stereocenters. The number of rotatable bonds is 5. The lowest BCUT2D eigenvalue weighted by atomic mass is 10.3. The van der Waals surface area contributed by atoms with E-state index in [4.69, 9.17) is 0 Å². The minimum Gasteiger partial charge on any atom is -0.314 e. The van der Waals surface area contributed by atoms with Gasteiger partial charge in [-0.25, -0.2) is 8.78 Å². The molecule has 0 saturated heterocycles. The van der Waals surface area contributed by atoms with E-state index in [2.05, 4.69) is 5.32 Å². The van der Waals surface area contributed by atoms with Gasteiger partial charge in [0.15, 0.2) is 11.6 Å². The molecule has 90 valence electrons. The minimum absolute atomic E-state index is 0.321. The molecule has 1 rings (SSSR count). The van der Waals surface area contributed by atoms with Gasteiger partial charge in [0.05, 0.1) is 10.8 Å². The average molecular weight is 247 g/mol. The summed E-state index contributed by atoms with van der Waals surface area (Å²) in [6.07, 6.45) is 0. The molecule has 0 aliphatic rings. The van der Waals surface area contributed by atoms with Crippen molar-refractivity contribution in [3.05, 3.63) is 29.8 Å². The second-order valence-corrected chi connectivity index (χ2v) is 5.31. The Hall–Kier alpha value is -0.810. The molecule has 0 amide bonds. The van der Waals surface area contributed by atoms with Crippen LogP contribution in [-0.4, -0.2) is 22.5 Å². The van der Waals surface area contributed by atoms with Crippen molar-refractivity contribution in [1.29, 1.82) is 0 Å². The van der Waals surface area contributed by atoms with Crippen molar-refractivity contribution in [1.82, 2.24) is 5.32 Å². The number of hydrogen-bond donors (Lipinski definition) is 1. The monoisotopic (exact) mass is 247 g/mol.